The van der Waals surface area contributed by atoms with Gasteiger partial charge in [-0.15, -0.1) is 0 Å². The normalized spacial score (nSPS) is 10.3. The molecule has 0 saturated carbocycles. The number of rotatable bonds is 4. The van der Waals surface area contributed by atoms with Crippen molar-refractivity contribution >= 4 is 17.3 Å². The molecular formula is C12H14ClN3O. The maximum Gasteiger partial charge on any atom is 0.139 e. The molecule has 1 aromatic carbocycles. The minimum atomic E-state index is 0.609. The molecule has 0 aliphatic carbocycles. The highest BCUT2D eigenvalue weighted by molar-refractivity contribution is 6.32. The third-order valence-electron chi connectivity index (χ3n) is 2.57. The van der Waals surface area contributed by atoms with Gasteiger partial charge in [-0.25, -0.2) is 0 Å². The number of benzene rings is 1. The van der Waals surface area contributed by atoms with Gasteiger partial charge >= 0.3 is 0 Å². The van der Waals surface area contributed by atoms with Crippen LogP contribution in [0.1, 0.15) is 11.3 Å². The fraction of sp³-hybridized carbons (Fsp3) is 0.250. The minimum absolute atomic E-state index is 0.609. The van der Waals surface area contributed by atoms with Crippen molar-refractivity contribution in [2.75, 3.05) is 12.4 Å². The molecule has 2 rings (SSSR count). The van der Waals surface area contributed by atoms with Gasteiger partial charge in [-0.3, -0.25) is 5.10 Å². The van der Waals surface area contributed by atoms with E-state index in [1.807, 2.05) is 31.3 Å². The van der Waals surface area contributed by atoms with Crippen LogP contribution in [0, 0.1) is 6.92 Å². The number of aromatic amines is 1. The zero-order valence-electron chi connectivity index (χ0n) is 9.75. The van der Waals surface area contributed by atoms with E-state index in [4.69, 9.17) is 16.3 Å². The van der Waals surface area contributed by atoms with Crippen molar-refractivity contribution in [3.8, 4) is 5.75 Å². The highest BCUT2D eigenvalue weighted by atomic mass is 35.5. The highest BCUT2D eigenvalue weighted by Crippen LogP contribution is 2.27. The lowest BCUT2D eigenvalue weighted by Gasteiger charge is -2.08. The minimum Gasteiger partial charge on any atom is -0.495 e. The fourth-order valence-corrected chi connectivity index (χ4v) is 1.72. The number of ether oxygens (including phenoxy) is 1. The molecule has 0 fully saturated rings. The smallest absolute Gasteiger partial charge is 0.139 e. The molecule has 90 valence electrons. The van der Waals surface area contributed by atoms with E-state index in [1.54, 1.807) is 7.11 Å². The number of anilines is 1. The second-order valence-corrected chi connectivity index (χ2v) is 4.13. The third-order valence-corrected chi connectivity index (χ3v) is 2.88. The Morgan fingerprint density at radius 3 is 2.94 bits per heavy atom. The van der Waals surface area contributed by atoms with Crippen LogP contribution in [-0.4, -0.2) is 17.3 Å². The molecule has 0 radical (unpaired) electrons. The number of methoxy groups -OCH3 is 1. The molecule has 0 amide bonds. The van der Waals surface area contributed by atoms with Gasteiger partial charge in [0.15, 0.2) is 0 Å². The Hall–Kier alpha value is -1.68. The molecule has 4 nitrogen and oxygen atoms in total. The summed E-state index contributed by atoms with van der Waals surface area (Å²) in [5.41, 5.74) is 3.17. The molecule has 0 unspecified atom stereocenters. The summed E-state index contributed by atoms with van der Waals surface area (Å²) in [5, 5.41) is 10.8. The predicted octanol–water partition coefficient (Wildman–Crippen LogP) is 2.99. The molecular weight excluding hydrogens is 238 g/mol. The van der Waals surface area contributed by atoms with E-state index in [0.29, 0.717) is 17.3 Å². The van der Waals surface area contributed by atoms with Crippen molar-refractivity contribution in [1.82, 2.24) is 10.2 Å². The van der Waals surface area contributed by atoms with Crippen molar-refractivity contribution in [2.45, 2.75) is 13.5 Å². The number of aromatic nitrogens is 2. The standard InChI is InChI=1S/C12H14ClN3O/c1-8-9(7-15-16-8)6-14-10-3-4-11(13)12(5-10)17-2/h3-5,7,14H,6H2,1-2H3,(H,15,16). The topological polar surface area (TPSA) is 49.9 Å². The predicted molar refractivity (Wildman–Crippen MR) is 68.7 cm³/mol. The lowest BCUT2D eigenvalue weighted by molar-refractivity contribution is 0.415. The van der Waals surface area contributed by atoms with Crippen LogP contribution in [0.5, 0.6) is 5.75 Å². The summed E-state index contributed by atoms with van der Waals surface area (Å²) in [4.78, 5) is 0. The van der Waals surface area contributed by atoms with Gasteiger partial charge in [-0.2, -0.15) is 5.10 Å². The van der Waals surface area contributed by atoms with E-state index in [1.165, 1.54) is 0 Å². The first-order valence-electron chi connectivity index (χ1n) is 5.27. The summed E-state index contributed by atoms with van der Waals surface area (Å²) in [6, 6.07) is 5.60. The monoisotopic (exact) mass is 251 g/mol. The van der Waals surface area contributed by atoms with Gasteiger partial charge in [0.1, 0.15) is 5.75 Å². The number of halogens is 1. The van der Waals surface area contributed by atoms with Crippen molar-refractivity contribution in [2.24, 2.45) is 0 Å². The molecule has 2 aromatic rings. The van der Waals surface area contributed by atoms with E-state index < -0.39 is 0 Å². The average Bonchev–Trinajstić information content (AvgIpc) is 2.74. The molecule has 0 aliphatic rings. The van der Waals surface area contributed by atoms with Crippen molar-refractivity contribution in [3.63, 3.8) is 0 Å². The van der Waals surface area contributed by atoms with Crippen LogP contribution >= 0.6 is 11.6 Å². The Morgan fingerprint density at radius 1 is 1.47 bits per heavy atom. The Morgan fingerprint density at radius 2 is 2.29 bits per heavy atom. The molecule has 0 saturated heterocycles. The highest BCUT2D eigenvalue weighted by Gasteiger charge is 2.03. The number of hydrogen-bond donors (Lipinski definition) is 2. The molecule has 5 heteroatoms. The Bertz CT molecular complexity index is 510. The maximum absolute atomic E-state index is 5.95. The summed E-state index contributed by atoms with van der Waals surface area (Å²) < 4.78 is 5.16. The second-order valence-electron chi connectivity index (χ2n) is 3.72. The summed E-state index contributed by atoms with van der Waals surface area (Å²) in [6.45, 7) is 2.71. The molecule has 1 aromatic heterocycles. The van der Waals surface area contributed by atoms with E-state index in [-0.39, 0.29) is 0 Å². The van der Waals surface area contributed by atoms with Crippen molar-refractivity contribution in [1.29, 1.82) is 0 Å². The number of H-pyrrole nitrogens is 1. The zero-order chi connectivity index (χ0) is 12.3. The van der Waals surface area contributed by atoms with Crippen molar-refractivity contribution in [3.05, 3.63) is 40.7 Å². The second kappa shape index (κ2) is 5.10. The quantitative estimate of drug-likeness (QED) is 0.878. The molecule has 17 heavy (non-hydrogen) atoms. The first-order chi connectivity index (χ1) is 8.20. The molecule has 0 bridgehead atoms. The number of nitrogens with zero attached hydrogens (tertiary/aromatic N) is 1. The van der Waals surface area contributed by atoms with Gasteiger partial charge < -0.3 is 10.1 Å². The van der Waals surface area contributed by atoms with Crippen LogP contribution in [0.15, 0.2) is 24.4 Å². The number of hydrogen-bond acceptors (Lipinski definition) is 3. The van der Waals surface area contributed by atoms with Crippen molar-refractivity contribution < 1.29 is 4.74 Å². The summed E-state index contributed by atoms with van der Waals surface area (Å²) in [5.74, 6) is 0.667. The molecule has 2 N–H and O–H groups in total. The first-order valence-corrected chi connectivity index (χ1v) is 5.64. The fourth-order valence-electron chi connectivity index (χ4n) is 1.52. The van der Waals surface area contributed by atoms with Gasteiger partial charge in [0.05, 0.1) is 18.3 Å². The van der Waals surface area contributed by atoms with Crippen LogP contribution in [0.3, 0.4) is 0 Å². The molecule has 0 spiro atoms. The van der Waals surface area contributed by atoms with Crippen LogP contribution in [0.25, 0.3) is 0 Å². The lowest BCUT2D eigenvalue weighted by Crippen LogP contribution is -2.00. The lowest BCUT2D eigenvalue weighted by atomic mass is 10.2. The van der Waals surface area contributed by atoms with E-state index in [2.05, 4.69) is 15.5 Å². The molecule has 0 atom stereocenters. The maximum atomic E-state index is 5.95. The first kappa shape index (κ1) is 11.8. The van der Waals surface area contributed by atoms with Crippen LogP contribution in [-0.2, 0) is 6.54 Å². The van der Waals surface area contributed by atoms with E-state index in [0.717, 1.165) is 16.9 Å². The van der Waals surface area contributed by atoms with Gasteiger partial charge in [-0.1, -0.05) is 11.6 Å². The summed E-state index contributed by atoms with van der Waals surface area (Å²) >= 11 is 5.95. The van der Waals surface area contributed by atoms with Gasteiger partial charge in [0.25, 0.3) is 0 Å². The average molecular weight is 252 g/mol. The largest absolute Gasteiger partial charge is 0.495 e. The Kier molecular flexibility index (Phi) is 3.54. The van der Waals surface area contributed by atoms with Crippen LogP contribution < -0.4 is 10.1 Å². The zero-order valence-corrected chi connectivity index (χ0v) is 10.5. The van der Waals surface area contributed by atoms with Gasteiger partial charge in [0.2, 0.25) is 0 Å². The summed E-state index contributed by atoms with van der Waals surface area (Å²) in [6.07, 6.45) is 1.81. The van der Waals surface area contributed by atoms with Crippen LogP contribution in [0.4, 0.5) is 5.69 Å². The summed E-state index contributed by atoms with van der Waals surface area (Å²) in [7, 11) is 1.60. The molecule has 0 aliphatic heterocycles. The van der Waals surface area contributed by atoms with E-state index in [9.17, 15) is 0 Å². The Labute approximate surface area is 105 Å². The van der Waals surface area contributed by atoms with Gasteiger partial charge in [-0.05, 0) is 19.1 Å². The van der Waals surface area contributed by atoms with Gasteiger partial charge in [0, 0.05) is 29.6 Å². The van der Waals surface area contributed by atoms with Crippen LogP contribution in [0.2, 0.25) is 5.02 Å². The Balaban J connectivity index is 2.07. The third kappa shape index (κ3) is 2.71. The number of nitrogens with one attached hydrogen (secondary N) is 2. The molecule has 1 heterocycles. The SMILES string of the molecule is COc1cc(NCc2cn[nH]c2C)ccc1Cl. The number of aryl methyl sites for hydroxylation is 1. The van der Waals surface area contributed by atoms with E-state index >= 15 is 0 Å².